The van der Waals surface area contributed by atoms with Crippen LogP contribution in [0.15, 0.2) is 25.8 Å². The normalized spacial score (nSPS) is 10.5. The number of phenolic OH excluding ortho intramolecular Hbond substituents is 1. The molecular weight excluding hydrogens is 394 g/mol. The molecule has 0 atom stereocenters. The molecular formula is C13H11Br2NO2S. The van der Waals surface area contributed by atoms with Crippen LogP contribution in [0, 0.1) is 13.8 Å². The van der Waals surface area contributed by atoms with E-state index in [1.807, 2.05) is 6.92 Å². The molecule has 0 aliphatic carbocycles. The molecule has 1 heterocycles. The molecule has 6 heteroatoms. The van der Waals surface area contributed by atoms with E-state index in [4.69, 9.17) is 0 Å². The van der Waals surface area contributed by atoms with E-state index in [-0.39, 0.29) is 11.7 Å². The lowest BCUT2D eigenvalue weighted by molar-refractivity contribution is 0.102. The molecule has 19 heavy (non-hydrogen) atoms. The van der Waals surface area contributed by atoms with Crippen LogP contribution in [-0.4, -0.2) is 11.0 Å². The molecule has 1 aromatic heterocycles. The Morgan fingerprint density at radius 2 is 2.00 bits per heavy atom. The number of amides is 1. The van der Waals surface area contributed by atoms with Crippen LogP contribution in [-0.2, 0) is 0 Å². The predicted molar refractivity (Wildman–Crippen MR) is 85.3 cm³/mol. The van der Waals surface area contributed by atoms with Crippen molar-refractivity contribution in [3.8, 4) is 5.75 Å². The molecule has 0 aliphatic rings. The topological polar surface area (TPSA) is 49.3 Å². The summed E-state index contributed by atoms with van der Waals surface area (Å²) in [4.78, 5) is 12.2. The van der Waals surface area contributed by atoms with Gasteiger partial charge in [0.1, 0.15) is 5.75 Å². The van der Waals surface area contributed by atoms with Gasteiger partial charge in [0.05, 0.1) is 13.1 Å². The number of nitrogens with one attached hydrogen (secondary N) is 1. The minimum absolute atomic E-state index is 0.208. The monoisotopic (exact) mass is 403 g/mol. The number of carbonyl (C=O) groups excluding carboxylic acids is 1. The van der Waals surface area contributed by atoms with Gasteiger partial charge in [0.15, 0.2) is 0 Å². The van der Waals surface area contributed by atoms with Gasteiger partial charge in [-0.1, -0.05) is 6.07 Å². The molecule has 2 N–H and O–H groups in total. The number of aryl methyl sites for hydroxylation is 1. The summed E-state index contributed by atoms with van der Waals surface area (Å²) in [6.07, 6.45) is 0. The Kier molecular flexibility index (Phi) is 4.32. The largest absolute Gasteiger partial charge is 0.507 e. The van der Waals surface area contributed by atoms with E-state index in [0.29, 0.717) is 16.8 Å². The van der Waals surface area contributed by atoms with Crippen LogP contribution in [0.25, 0.3) is 0 Å². The second-order valence-corrected chi connectivity index (χ2v) is 7.84. The van der Waals surface area contributed by atoms with Crippen LogP contribution in [0.1, 0.15) is 21.5 Å². The summed E-state index contributed by atoms with van der Waals surface area (Å²) in [5.41, 5.74) is 2.63. The minimum atomic E-state index is -0.208. The first kappa shape index (κ1) is 14.6. The second-order valence-electron chi connectivity index (χ2n) is 4.10. The summed E-state index contributed by atoms with van der Waals surface area (Å²) in [6.45, 7) is 3.59. The van der Waals surface area contributed by atoms with Crippen molar-refractivity contribution >= 4 is 54.8 Å². The second kappa shape index (κ2) is 5.64. The van der Waals surface area contributed by atoms with Crippen LogP contribution in [0.2, 0.25) is 0 Å². The Hall–Kier alpha value is -0.850. The van der Waals surface area contributed by atoms with Gasteiger partial charge < -0.3 is 10.4 Å². The fourth-order valence-electron chi connectivity index (χ4n) is 1.66. The minimum Gasteiger partial charge on any atom is -0.507 e. The molecule has 1 amide bonds. The first-order chi connectivity index (χ1) is 8.90. The van der Waals surface area contributed by atoms with Crippen LogP contribution in [0.3, 0.4) is 0 Å². The lowest BCUT2D eigenvalue weighted by Crippen LogP contribution is -2.12. The number of phenols is 1. The average Bonchev–Trinajstić information content (AvgIpc) is 2.69. The Bertz CT molecular complexity index is 652. The van der Waals surface area contributed by atoms with E-state index >= 15 is 0 Å². The van der Waals surface area contributed by atoms with Gasteiger partial charge in [-0.2, -0.15) is 0 Å². The highest BCUT2D eigenvalue weighted by Crippen LogP contribution is 2.33. The third kappa shape index (κ3) is 3.01. The van der Waals surface area contributed by atoms with Crippen molar-refractivity contribution in [1.29, 1.82) is 0 Å². The summed E-state index contributed by atoms with van der Waals surface area (Å²) < 4.78 is 1.65. The molecule has 100 valence electrons. The summed E-state index contributed by atoms with van der Waals surface area (Å²) in [7, 11) is 0. The molecule has 0 aliphatic heterocycles. The van der Waals surface area contributed by atoms with Crippen LogP contribution < -0.4 is 5.32 Å². The molecule has 0 saturated carbocycles. The van der Waals surface area contributed by atoms with Crippen LogP contribution in [0.5, 0.6) is 5.75 Å². The zero-order chi connectivity index (χ0) is 14.2. The van der Waals surface area contributed by atoms with Gasteiger partial charge in [-0.05, 0) is 63.4 Å². The highest BCUT2D eigenvalue weighted by Gasteiger charge is 2.15. The Morgan fingerprint density at radius 3 is 2.58 bits per heavy atom. The highest BCUT2D eigenvalue weighted by atomic mass is 79.9. The first-order valence-electron chi connectivity index (χ1n) is 5.45. The van der Waals surface area contributed by atoms with E-state index in [9.17, 15) is 9.90 Å². The van der Waals surface area contributed by atoms with Gasteiger partial charge >= 0.3 is 0 Å². The summed E-state index contributed by atoms with van der Waals surface area (Å²) in [5.74, 6) is 0.00328. The predicted octanol–water partition coefficient (Wildman–Crippen LogP) is 4.85. The quantitative estimate of drug-likeness (QED) is 0.751. The van der Waals surface area contributed by atoms with E-state index in [1.54, 1.807) is 25.1 Å². The smallest absolute Gasteiger partial charge is 0.257 e. The van der Waals surface area contributed by atoms with Crippen molar-refractivity contribution in [3.05, 3.63) is 42.5 Å². The number of aromatic hydroxyl groups is 1. The summed E-state index contributed by atoms with van der Waals surface area (Å²) >= 11 is 8.14. The Labute approximate surface area is 131 Å². The standard InChI is InChI=1S/C13H11Br2NO2S/c1-6-3-4-9(7(2)11(6)17)16-13(18)8-5-10(14)19-12(8)15/h3-5,17H,1-2H3,(H,16,18). The maximum Gasteiger partial charge on any atom is 0.257 e. The number of benzene rings is 1. The number of carbonyl (C=O) groups is 1. The molecule has 0 unspecified atom stereocenters. The zero-order valence-electron chi connectivity index (χ0n) is 10.3. The van der Waals surface area contributed by atoms with Gasteiger partial charge in [0, 0.05) is 11.3 Å². The van der Waals surface area contributed by atoms with Crippen molar-refractivity contribution in [2.45, 2.75) is 13.8 Å². The van der Waals surface area contributed by atoms with Gasteiger partial charge in [0.25, 0.3) is 5.91 Å². The van der Waals surface area contributed by atoms with Crippen LogP contribution >= 0.6 is 43.2 Å². The molecule has 0 saturated heterocycles. The third-order valence-electron chi connectivity index (χ3n) is 2.78. The number of rotatable bonds is 2. The Balaban J connectivity index is 2.29. The van der Waals surface area contributed by atoms with Crippen molar-refractivity contribution < 1.29 is 9.90 Å². The lowest BCUT2D eigenvalue weighted by Gasteiger charge is -2.11. The fourth-order valence-corrected chi connectivity index (χ4v) is 4.45. The fraction of sp³-hybridized carbons (Fsp3) is 0.154. The molecule has 2 aromatic rings. The molecule has 0 bridgehead atoms. The number of hydrogen-bond acceptors (Lipinski definition) is 3. The van der Waals surface area contributed by atoms with Gasteiger partial charge in [0.2, 0.25) is 0 Å². The molecule has 0 fully saturated rings. The van der Waals surface area contributed by atoms with Crippen LogP contribution in [0.4, 0.5) is 5.69 Å². The van der Waals surface area contributed by atoms with E-state index in [2.05, 4.69) is 37.2 Å². The average molecular weight is 405 g/mol. The molecule has 0 radical (unpaired) electrons. The number of anilines is 1. The van der Waals surface area contributed by atoms with Gasteiger partial charge in [-0.15, -0.1) is 11.3 Å². The van der Waals surface area contributed by atoms with E-state index in [1.165, 1.54) is 11.3 Å². The number of hydrogen-bond donors (Lipinski definition) is 2. The maximum absolute atomic E-state index is 12.2. The Morgan fingerprint density at radius 1 is 1.32 bits per heavy atom. The first-order valence-corrected chi connectivity index (χ1v) is 7.85. The number of halogens is 2. The lowest BCUT2D eigenvalue weighted by atomic mass is 10.1. The molecule has 1 aromatic carbocycles. The van der Waals surface area contributed by atoms with Crippen molar-refractivity contribution in [1.82, 2.24) is 0 Å². The molecule has 0 spiro atoms. The SMILES string of the molecule is Cc1ccc(NC(=O)c2cc(Br)sc2Br)c(C)c1O. The highest BCUT2D eigenvalue weighted by molar-refractivity contribution is 9.12. The number of thiophene rings is 1. The van der Waals surface area contributed by atoms with Crippen molar-refractivity contribution in [3.63, 3.8) is 0 Å². The summed E-state index contributed by atoms with van der Waals surface area (Å²) in [5, 5.41) is 12.7. The zero-order valence-corrected chi connectivity index (χ0v) is 14.2. The van der Waals surface area contributed by atoms with Gasteiger partial charge in [-0.3, -0.25) is 4.79 Å². The molecule has 3 nitrogen and oxygen atoms in total. The van der Waals surface area contributed by atoms with E-state index in [0.717, 1.165) is 13.1 Å². The van der Waals surface area contributed by atoms with Gasteiger partial charge in [-0.25, -0.2) is 0 Å². The van der Waals surface area contributed by atoms with Crippen molar-refractivity contribution in [2.75, 3.05) is 5.32 Å². The third-order valence-corrected chi connectivity index (χ3v) is 5.12. The molecule has 2 rings (SSSR count). The maximum atomic E-state index is 12.2. The van der Waals surface area contributed by atoms with E-state index < -0.39 is 0 Å². The summed E-state index contributed by atoms with van der Waals surface area (Å²) in [6, 6.07) is 5.32. The van der Waals surface area contributed by atoms with Crippen molar-refractivity contribution in [2.24, 2.45) is 0 Å².